The predicted octanol–water partition coefficient (Wildman–Crippen LogP) is 3.09. The van der Waals surface area contributed by atoms with Gasteiger partial charge in [0.15, 0.2) is 0 Å². The molecule has 2 aliphatic rings. The van der Waals surface area contributed by atoms with Crippen LogP contribution < -0.4 is 9.47 Å². The summed E-state index contributed by atoms with van der Waals surface area (Å²) >= 11 is 0. The maximum absolute atomic E-state index is 13.2. The van der Waals surface area contributed by atoms with Gasteiger partial charge in [-0.15, -0.1) is 0 Å². The van der Waals surface area contributed by atoms with Gasteiger partial charge in [0.05, 0.1) is 12.0 Å². The molecule has 2 heterocycles. The molecule has 7 nitrogen and oxygen atoms in total. The molecule has 1 amide bonds. The number of hydrogen-bond acceptors (Lipinski definition) is 5. The van der Waals surface area contributed by atoms with Crippen LogP contribution in [0.3, 0.4) is 0 Å². The zero-order chi connectivity index (χ0) is 23.6. The lowest BCUT2D eigenvalue weighted by Crippen LogP contribution is -2.36. The van der Waals surface area contributed by atoms with E-state index >= 15 is 0 Å². The number of carbonyl (C=O) groups is 1. The number of nitrogens with zero attached hydrogens (tertiary/aromatic N) is 2. The van der Waals surface area contributed by atoms with Gasteiger partial charge in [0, 0.05) is 49.8 Å². The first-order valence-corrected chi connectivity index (χ1v) is 12.3. The van der Waals surface area contributed by atoms with Crippen LogP contribution in [-0.4, -0.2) is 62.9 Å². The van der Waals surface area contributed by atoms with Crippen molar-refractivity contribution in [2.24, 2.45) is 0 Å². The third-order valence-electron chi connectivity index (χ3n) is 5.87. The van der Waals surface area contributed by atoms with Crippen LogP contribution in [0.2, 0.25) is 0 Å². The number of methoxy groups -OCH3 is 1. The van der Waals surface area contributed by atoms with Crippen LogP contribution >= 0.6 is 0 Å². The van der Waals surface area contributed by atoms with Crippen molar-refractivity contribution < 1.29 is 27.1 Å². The Labute approximate surface area is 193 Å². The van der Waals surface area contributed by atoms with Crippen molar-refractivity contribution in [3.05, 3.63) is 59.4 Å². The second-order valence-electron chi connectivity index (χ2n) is 8.20. The molecule has 0 saturated carbocycles. The molecule has 4 rings (SSSR count). The van der Waals surface area contributed by atoms with Crippen LogP contribution in [0.5, 0.6) is 11.5 Å². The van der Waals surface area contributed by atoms with Gasteiger partial charge in [-0.2, -0.15) is 4.31 Å². The van der Waals surface area contributed by atoms with Gasteiger partial charge in [-0.3, -0.25) is 4.79 Å². The highest BCUT2D eigenvalue weighted by molar-refractivity contribution is 7.89. The first-order valence-electron chi connectivity index (χ1n) is 10.9. The summed E-state index contributed by atoms with van der Waals surface area (Å²) in [6.45, 7) is 3.19. The van der Waals surface area contributed by atoms with E-state index in [2.05, 4.69) is 0 Å². The maximum Gasteiger partial charge on any atom is 0.246 e. The fourth-order valence-corrected chi connectivity index (χ4v) is 5.61. The second-order valence-corrected chi connectivity index (χ2v) is 10.1. The van der Waals surface area contributed by atoms with E-state index in [9.17, 15) is 17.6 Å². The Bertz CT molecular complexity index is 1160. The standard InChI is InChI=1S/C24H27FN2O5S/c1-17-14-19-16-22(31-2)18(15-23(19)32-17)4-9-24(28)26-10-3-11-27(13-12-26)33(29,30)21-7-5-20(25)6-8-21/h4-9,15-17H,3,10-14H2,1-2H3/b9-4+. The van der Waals surface area contributed by atoms with Crippen molar-refractivity contribution >= 4 is 22.0 Å². The summed E-state index contributed by atoms with van der Waals surface area (Å²) in [5.41, 5.74) is 1.83. The number of fused-ring (bicyclic) bond motifs is 1. The Balaban J connectivity index is 1.44. The van der Waals surface area contributed by atoms with Crippen LogP contribution in [0.1, 0.15) is 24.5 Å². The van der Waals surface area contributed by atoms with E-state index in [4.69, 9.17) is 9.47 Å². The fourth-order valence-electron chi connectivity index (χ4n) is 4.14. The van der Waals surface area contributed by atoms with Gasteiger partial charge in [0.25, 0.3) is 0 Å². The van der Waals surface area contributed by atoms with E-state index in [1.54, 1.807) is 18.1 Å². The van der Waals surface area contributed by atoms with Crippen molar-refractivity contribution in [2.75, 3.05) is 33.3 Å². The first kappa shape index (κ1) is 23.3. The molecule has 0 aromatic heterocycles. The topological polar surface area (TPSA) is 76.2 Å². The van der Waals surface area contributed by atoms with Gasteiger partial charge in [0.2, 0.25) is 15.9 Å². The van der Waals surface area contributed by atoms with Crippen molar-refractivity contribution in [3.63, 3.8) is 0 Å². The smallest absolute Gasteiger partial charge is 0.246 e. The van der Waals surface area contributed by atoms with Crippen LogP contribution in [0.4, 0.5) is 4.39 Å². The largest absolute Gasteiger partial charge is 0.496 e. The first-order chi connectivity index (χ1) is 15.8. The van der Waals surface area contributed by atoms with Crippen molar-refractivity contribution in [1.82, 2.24) is 9.21 Å². The van der Waals surface area contributed by atoms with Gasteiger partial charge in [-0.05, 0) is 55.8 Å². The van der Waals surface area contributed by atoms with Gasteiger partial charge < -0.3 is 14.4 Å². The van der Waals surface area contributed by atoms with E-state index in [0.29, 0.717) is 25.3 Å². The van der Waals surface area contributed by atoms with Crippen LogP contribution in [0, 0.1) is 5.82 Å². The van der Waals surface area contributed by atoms with E-state index in [-0.39, 0.29) is 30.0 Å². The number of hydrogen-bond donors (Lipinski definition) is 0. The minimum absolute atomic E-state index is 0.0452. The lowest BCUT2D eigenvalue weighted by atomic mass is 10.1. The molecule has 0 aliphatic carbocycles. The number of carbonyl (C=O) groups excluding carboxylic acids is 1. The monoisotopic (exact) mass is 474 g/mol. The highest BCUT2D eigenvalue weighted by atomic mass is 32.2. The fraction of sp³-hybridized carbons (Fsp3) is 0.375. The summed E-state index contributed by atoms with van der Waals surface area (Å²) in [6.07, 6.45) is 4.61. The zero-order valence-corrected chi connectivity index (χ0v) is 19.5. The molecule has 2 aromatic rings. The average Bonchev–Trinajstić information content (AvgIpc) is 2.98. The molecule has 1 fully saturated rings. The Morgan fingerprint density at radius 1 is 1.15 bits per heavy atom. The lowest BCUT2D eigenvalue weighted by molar-refractivity contribution is -0.125. The molecule has 1 unspecified atom stereocenters. The Morgan fingerprint density at radius 3 is 2.64 bits per heavy atom. The highest BCUT2D eigenvalue weighted by Gasteiger charge is 2.28. The highest BCUT2D eigenvalue weighted by Crippen LogP contribution is 2.35. The quantitative estimate of drug-likeness (QED) is 0.623. The minimum atomic E-state index is -3.75. The molecule has 1 saturated heterocycles. The number of benzene rings is 2. The molecule has 176 valence electrons. The number of sulfonamides is 1. The number of ether oxygens (including phenoxy) is 2. The summed E-state index contributed by atoms with van der Waals surface area (Å²) in [5.74, 6) is 0.775. The minimum Gasteiger partial charge on any atom is -0.496 e. The van der Waals surface area contributed by atoms with Crippen LogP contribution in [0.25, 0.3) is 6.08 Å². The van der Waals surface area contributed by atoms with E-state index in [0.717, 1.165) is 35.4 Å². The van der Waals surface area contributed by atoms with Crippen molar-refractivity contribution in [2.45, 2.75) is 30.8 Å². The normalized spacial score (nSPS) is 19.2. The van der Waals surface area contributed by atoms with E-state index in [1.807, 2.05) is 19.1 Å². The van der Waals surface area contributed by atoms with Gasteiger partial charge in [0.1, 0.15) is 23.4 Å². The second kappa shape index (κ2) is 9.52. The summed E-state index contributed by atoms with van der Waals surface area (Å²) in [5, 5.41) is 0. The number of amides is 1. The zero-order valence-electron chi connectivity index (χ0n) is 18.7. The SMILES string of the molecule is COc1cc2c(cc1/C=C/C(=O)N1CCCN(S(=O)(=O)c3ccc(F)cc3)CC1)OC(C)C2. The Kier molecular flexibility index (Phi) is 6.71. The maximum atomic E-state index is 13.2. The predicted molar refractivity (Wildman–Crippen MR) is 122 cm³/mol. The van der Waals surface area contributed by atoms with E-state index in [1.165, 1.54) is 22.5 Å². The summed E-state index contributed by atoms with van der Waals surface area (Å²) < 4.78 is 51.6. The van der Waals surface area contributed by atoms with Gasteiger partial charge in [-0.1, -0.05) is 0 Å². The molecule has 0 N–H and O–H groups in total. The van der Waals surface area contributed by atoms with Crippen molar-refractivity contribution in [1.29, 1.82) is 0 Å². The number of halogens is 1. The van der Waals surface area contributed by atoms with Crippen LogP contribution in [-0.2, 0) is 21.2 Å². The molecule has 33 heavy (non-hydrogen) atoms. The number of rotatable bonds is 5. The third-order valence-corrected chi connectivity index (χ3v) is 7.78. The Morgan fingerprint density at radius 2 is 1.91 bits per heavy atom. The molecular formula is C24H27FN2O5S. The molecular weight excluding hydrogens is 447 g/mol. The molecule has 2 aliphatic heterocycles. The van der Waals surface area contributed by atoms with E-state index < -0.39 is 15.8 Å². The lowest BCUT2D eigenvalue weighted by Gasteiger charge is -2.21. The summed E-state index contributed by atoms with van der Waals surface area (Å²) in [7, 11) is -2.16. The molecule has 9 heteroatoms. The molecule has 2 aromatic carbocycles. The van der Waals surface area contributed by atoms with Gasteiger partial charge in [-0.25, -0.2) is 12.8 Å². The van der Waals surface area contributed by atoms with Gasteiger partial charge >= 0.3 is 0 Å². The molecule has 1 atom stereocenters. The summed E-state index contributed by atoms with van der Waals surface area (Å²) in [4.78, 5) is 14.5. The average molecular weight is 475 g/mol. The van der Waals surface area contributed by atoms with Crippen molar-refractivity contribution in [3.8, 4) is 11.5 Å². The third kappa shape index (κ3) is 5.04. The Hall–Kier alpha value is -2.91. The molecule has 0 bridgehead atoms. The molecule has 0 radical (unpaired) electrons. The van der Waals surface area contributed by atoms with Crippen LogP contribution in [0.15, 0.2) is 47.4 Å². The molecule has 0 spiro atoms. The summed E-state index contributed by atoms with van der Waals surface area (Å²) in [6, 6.07) is 8.59.